The van der Waals surface area contributed by atoms with Gasteiger partial charge in [-0.2, -0.15) is 9.37 Å². The van der Waals surface area contributed by atoms with Gasteiger partial charge in [-0.05, 0) is 6.92 Å². The van der Waals surface area contributed by atoms with Gasteiger partial charge in [0.2, 0.25) is 0 Å². The van der Waals surface area contributed by atoms with Crippen LogP contribution in [0.2, 0.25) is 0 Å². The fourth-order valence-corrected chi connectivity index (χ4v) is 1.01. The smallest absolute Gasteiger partial charge is 0.251 e. The molecule has 0 fully saturated rings. The van der Waals surface area contributed by atoms with Crippen molar-refractivity contribution in [1.82, 2.24) is 4.98 Å². The highest BCUT2D eigenvalue weighted by Gasteiger charge is 2.18. The number of hydrogen-bond donors (Lipinski definition) is 1. The fourth-order valence-electron chi connectivity index (χ4n) is 1.01. The van der Waals surface area contributed by atoms with Crippen LogP contribution in [0.25, 0.3) is 0 Å². The van der Waals surface area contributed by atoms with Gasteiger partial charge in [0.1, 0.15) is 0 Å². The molecular formula is C9H11F3N2O. The number of pyridine rings is 1. The second-order valence-corrected chi connectivity index (χ2v) is 3.21. The van der Waals surface area contributed by atoms with Crippen molar-refractivity contribution in [2.75, 3.05) is 18.6 Å². The first kappa shape index (κ1) is 11.8. The molecule has 1 aromatic rings. The van der Waals surface area contributed by atoms with Crippen LogP contribution >= 0.6 is 0 Å². The van der Waals surface area contributed by atoms with E-state index in [0.717, 1.165) is 0 Å². The number of rotatable bonds is 3. The molecule has 1 unspecified atom stereocenters. The second-order valence-electron chi connectivity index (χ2n) is 3.21. The highest BCUT2D eigenvalue weighted by Crippen LogP contribution is 2.19. The van der Waals surface area contributed by atoms with Crippen molar-refractivity contribution in [1.29, 1.82) is 0 Å². The summed E-state index contributed by atoms with van der Waals surface area (Å²) in [4.78, 5) is 4.37. The third-order valence-corrected chi connectivity index (χ3v) is 2.13. The Morgan fingerprint density at radius 3 is 2.53 bits per heavy atom. The number of aromatic nitrogens is 1. The number of halogens is 3. The standard InChI is InChI=1S/C9H11F3N2O/c1-5(4-15)14(2)9-7(11)3-6(10)8(12)13-9/h3,5,15H,4H2,1-2H3. The minimum Gasteiger partial charge on any atom is -0.394 e. The van der Waals surface area contributed by atoms with Crippen LogP contribution in [0.3, 0.4) is 0 Å². The van der Waals surface area contributed by atoms with E-state index in [-0.39, 0.29) is 12.4 Å². The van der Waals surface area contributed by atoms with Crippen LogP contribution in [0.1, 0.15) is 6.92 Å². The largest absolute Gasteiger partial charge is 0.394 e. The molecular weight excluding hydrogens is 209 g/mol. The maximum absolute atomic E-state index is 13.2. The average Bonchev–Trinajstić information content (AvgIpc) is 2.21. The summed E-state index contributed by atoms with van der Waals surface area (Å²) in [6, 6.07) is -0.00463. The van der Waals surface area contributed by atoms with Crippen molar-refractivity contribution in [3.8, 4) is 0 Å². The number of hydrogen-bond acceptors (Lipinski definition) is 3. The minimum atomic E-state index is -1.36. The van der Waals surface area contributed by atoms with E-state index in [9.17, 15) is 13.2 Å². The quantitative estimate of drug-likeness (QED) is 0.780. The number of likely N-dealkylation sites (N-methyl/N-ethyl adjacent to an activating group) is 1. The molecule has 0 bridgehead atoms. The predicted molar refractivity (Wildman–Crippen MR) is 49.1 cm³/mol. The fraction of sp³-hybridized carbons (Fsp3) is 0.444. The van der Waals surface area contributed by atoms with Crippen LogP contribution in [0.4, 0.5) is 19.0 Å². The third kappa shape index (κ3) is 2.38. The molecule has 0 spiro atoms. The number of anilines is 1. The molecule has 0 amide bonds. The summed E-state index contributed by atoms with van der Waals surface area (Å²) < 4.78 is 38.5. The zero-order valence-corrected chi connectivity index (χ0v) is 8.34. The lowest BCUT2D eigenvalue weighted by Crippen LogP contribution is -2.33. The average molecular weight is 220 g/mol. The summed E-state index contributed by atoms with van der Waals surface area (Å²) in [6.07, 6.45) is 0. The SMILES string of the molecule is CC(CO)N(C)c1nc(F)c(F)cc1F. The minimum absolute atomic E-state index is 0.239. The van der Waals surface area contributed by atoms with E-state index in [1.54, 1.807) is 6.92 Å². The summed E-state index contributed by atoms with van der Waals surface area (Å²) in [5.74, 6) is -3.98. The molecule has 0 radical (unpaired) electrons. The summed E-state index contributed by atoms with van der Waals surface area (Å²) in [5.41, 5.74) is 0. The van der Waals surface area contributed by atoms with Gasteiger partial charge in [-0.1, -0.05) is 0 Å². The molecule has 1 atom stereocenters. The zero-order valence-electron chi connectivity index (χ0n) is 8.34. The van der Waals surface area contributed by atoms with E-state index in [1.807, 2.05) is 0 Å². The van der Waals surface area contributed by atoms with E-state index in [4.69, 9.17) is 5.11 Å². The van der Waals surface area contributed by atoms with Gasteiger partial charge in [-0.3, -0.25) is 0 Å². The molecule has 0 aromatic carbocycles. The number of aliphatic hydroxyl groups is 1. The van der Waals surface area contributed by atoms with E-state index >= 15 is 0 Å². The first-order chi connectivity index (χ1) is 6.97. The Hall–Kier alpha value is -1.30. The molecule has 3 nitrogen and oxygen atoms in total. The molecule has 1 aromatic heterocycles. The highest BCUT2D eigenvalue weighted by molar-refractivity contribution is 5.40. The summed E-state index contributed by atoms with van der Waals surface area (Å²) in [6.45, 7) is 1.36. The molecule has 1 rings (SSSR count). The zero-order chi connectivity index (χ0) is 11.6. The van der Waals surface area contributed by atoms with Gasteiger partial charge < -0.3 is 10.0 Å². The Bertz CT molecular complexity index is 359. The Labute approximate surface area is 85.2 Å². The molecule has 0 saturated heterocycles. The summed E-state index contributed by atoms with van der Waals surface area (Å²) >= 11 is 0. The van der Waals surface area contributed by atoms with Gasteiger partial charge in [0.25, 0.3) is 5.95 Å². The molecule has 15 heavy (non-hydrogen) atoms. The summed E-state index contributed by atoms with van der Waals surface area (Å²) in [7, 11) is 1.43. The van der Waals surface area contributed by atoms with Gasteiger partial charge in [0, 0.05) is 13.1 Å². The lowest BCUT2D eigenvalue weighted by Gasteiger charge is -2.24. The molecule has 1 N–H and O–H groups in total. The molecule has 0 aliphatic heterocycles. The summed E-state index contributed by atoms with van der Waals surface area (Å²) in [5, 5.41) is 8.82. The van der Waals surface area contributed by atoms with E-state index in [1.165, 1.54) is 11.9 Å². The first-order valence-electron chi connectivity index (χ1n) is 4.32. The monoisotopic (exact) mass is 220 g/mol. The molecule has 84 valence electrons. The third-order valence-electron chi connectivity index (χ3n) is 2.13. The predicted octanol–water partition coefficient (Wildman–Crippen LogP) is 1.32. The van der Waals surface area contributed by atoms with Crippen LogP contribution in [0.15, 0.2) is 6.07 Å². The molecule has 0 aliphatic carbocycles. The topological polar surface area (TPSA) is 36.4 Å². The Morgan fingerprint density at radius 1 is 1.40 bits per heavy atom. The van der Waals surface area contributed by atoms with Crippen molar-refractivity contribution >= 4 is 5.82 Å². The van der Waals surface area contributed by atoms with Crippen molar-refractivity contribution < 1.29 is 18.3 Å². The van der Waals surface area contributed by atoms with Gasteiger partial charge in [-0.15, -0.1) is 0 Å². The van der Waals surface area contributed by atoms with Crippen molar-refractivity contribution in [2.24, 2.45) is 0 Å². The van der Waals surface area contributed by atoms with Crippen LogP contribution in [-0.4, -0.2) is 29.8 Å². The molecule has 1 heterocycles. The maximum atomic E-state index is 13.2. The van der Waals surface area contributed by atoms with Crippen molar-refractivity contribution in [3.63, 3.8) is 0 Å². The van der Waals surface area contributed by atoms with E-state index < -0.39 is 23.6 Å². The normalized spacial score (nSPS) is 12.7. The van der Waals surface area contributed by atoms with Gasteiger partial charge >= 0.3 is 0 Å². The number of nitrogens with zero attached hydrogens (tertiary/aromatic N) is 2. The highest BCUT2D eigenvalue weighted by atomic mass is 19.2. The van der Waals surface area contributed by atoms with Crippen LogP contribution < -0.4 is 4.90 Å². The van der Waals surface area contributed by atoms with Gasteiger partial charge in [0.15, 0.2) is 17.5 Å². The Kier molecular flexibility index (Phi) is 3.52. The number of aliphatic hydroxyl groups excluding tert-OH is 1. The molecule has 0 saturated carbocycles. The van der Waals surface area contributed by atoms with E-state index in [0.29, 0.717) is 6.07 Å². The van der Waals surface area contributed by atoms with Crippen LogP contribution in [0, 0.1) is 17.6 Å². The van der Waals surface area contributed by atoms with E-state index in [2.05, 4.69) is 4.98 Å². The first-order valence-corrected chi connectivity index (χ1v) is 4.32. The van der Waals surface area contributed by atoms with Gasteiger partial charge in [0.05, 0.1) is 12.6 Å². The van der Waals surface area contributed by atoms with Crippen LogP contribution in [-0.2, 0) is 0 Å². The van der Waals surface area contributed by atoms with Gasteiger partial charge in [-0.25, -0.2) is 8.78 Å². The Morgan fingerprint density at radius 2 is 2.00 bits per heavy atom. The lowest BCUT2D eigenvalue weighted by molar-refractivity contribution is 0.269. The van der Waals surface area contributed by atoms with Crippen LogP contribution in [0.5, 0.6) is 0 Å². The molecule has 0 aliphatic rings. The van der Waals surface area contributed by atoms with Crippen molar-refractivity contribution in [3.05, 3.63) is 23.6 Å². The second kappa shape index (κ2) is 4.48. The maximum Gasteiger partial charge on any atom is 0.251 e. The van der Waals surface area contributed by atoms with Crippen molar-refractivity contribution in [2.45, 2.75) is 13.0 Å². The lowest BCUT2D eigenvalue weighted by atomic mass is 10.3. The molecule has 6 heteroatoms. The Balaban J connectivity index is 3.09.